The van der Waals surface area contributed by atoms with E-state index in [0.29, 0.717) is 43.2 Å². The van der Waals surface area contributed by atoms with Gasteiger partial charge in [-0.05, 0) is 72.5 Å². The molecule has 9 heteroatoms. The number of halogens is 1. The number of allylic oxidation sites excluding steroid dienone is 1. The summed E-state index contributed by atoms with van der Waals surface area (Å²) in [6.07, 6.45) is 5.84. The number of imide groups is 1. The van der Waals surface area contributed by atoms with Crippen LogP contribution in [0.4, 0.5) is 4.79 Å². The van der Waals surface area contributed by atoms with E-state index in [0.717, 1.165) is 45.1 Å². The summed E-state index contributed by atoms with van der Waals surface area (Å²) < 4.78 is 12.7. The van der Waals surface area contributed by atoms with Crippen molar-refractivity contribution in [2.75, 3.05) is 26.7 Å². The van der Waals surface area contributed by atoms with E-state index in [4.69, 9.17) is 9.47 Å². The van der Waals surface area contributed by atoms with Gasteiger partial charge in [-0.25, -0.2) is 0 Å². The number of hydrogen-bond acceptors (Lipinski definition) is 6. The highest BCUT2D eigenvalue weighted by atomic mass is 79.9. The molecule has 2 aliphatic rings. The van der Waals surface area contributed by atoms with Gasteiger partial charge in [-0.15, -0.1) is 6.58 Å². The number of benzene rings is 2. The van der Waals surface area contributed by atoms with Gasteiger partial charge in [0.25, 0.3) is 11.1 Å². The van der Waals surface area contributed by atoms with Crippen LogP contribution in [0.1, 0.15) is 29.5 Å². The summed E-state index contributed by atoms with van der Waals surface area (Å²) in [6.45, 7) is 5.32. The van der Waals surface area contributed by atoms with Crippen LogP contribution in [-0.4, -0.2) is 53.6 Å². The minimum absolute atomic E-state index is 0.196. The molecule has 7 nitrogen and oxygen atoms in total. The molecular weight excluding hydrogens is 544 g/mol. The van der Waals surface area contributed by atoms with Gasteiger partial charge < -0.3 is 14.4 Å². The molecular formula is C27H27BrN2O5S. The van der Waals surface area contributed by atoms with Gasteiger partial charge in [-0.3, -0.25) is 19.3 Å². The molecule has 2 aromatic rings. The summed E-state index contributed by atoms with van der Waals surface area (Å²) >= 11 is 4.27. The average molecular weight is 571 g/mol. The van der Waals surface area contributed by atoms with Crippen molar-refractivity contribution in [3.05, 3.63) is 75.1 Å². The van der Waals surface area contributed by atoms with Crippen molar-refractivity contribution < 1.29 is 23.9 Å². The third-order valence-corrected chi connectivity index (χ3v) is 7.39. The van der Waals surface area contributed by atoms with E-state index in [1.807, 2.05) is 30.3 Å². The maximum Gasteiger partial charge on any atom is 0.294 e. The van der Waals surface area contributed by atoms with E-state index in [1.54, 1.807) is 30.2 Å². The van der Waals surface area contributed by atoms with E-state index in [-0.39, 0.29) is 17.4 Å². The number of hydrogen-bond donors (Lipinski definition) is 0. The van der Waals surface area contributed by atoms with Crippen molar-refractivity contribution in [1.82, 2.24) is 9.80 Å². The molecule has 0 N–H and O–H groups in total. The second-order valence-electron chi connectivity index (χ2n) is 8.48. The van der Waals surface area contributed by atoms with Crippen LogP contribution in [0.15, 0.2) is 58.4 Å². The summed E-state index contributed by atoms with van der Waals surface area (Å²) in [4.78, 5) is 41.0. The lowest BCUT2D eigenvalue weighted by Crippen LogP contribution is -2.40. The Morgan fingerprint density at radius 2 is 1.89 bits per heavy atom. The number of thioether (sulfide) groups is 1. The quantitative estimate of drug-likeness (QED) is 0.296. The van der Waals surface area contributed by atoms with Crippen LogP contribution in [0.5, 0.6) is 11.5 Å². The van der Waals surface area contributed by atoms with Crippen LogP contribution in [0, 0.1) is 0 Å². The van der Waals surface area contributed by atoms with Crippen molar-refractivity contribution in [3.63, 3.8) is 0 Å². The molecule has 0 aromatic heterocycles. The van der Waals surface area contributed by atoms with E-state index < -0.39 is 11.1 Å². The van der Waals surface area contributed by atoms with Gasteiger partial charge in [0.15, 0.2) is 11.5 Å². The minimum atomic E-state index is -0.461. The van der Waals surface area contributed by atoms with Gasteiger partial charge in [-0.2, -0.15) is 0 Å². The molecule has 0 unspecified atom stereocenters. The number of ether oxygens (including phenoxy) is 2. The number of rotatable bonds is 9. The minimum Gasteiger partial charge on any atom is -0.493 e. The largest absolute Gasteiger partial charge is 0.493 e. The number of likely N-dealkylation sites (tertiary alicyclic amines) is 1. The highest BCUT2D eigenvalue weighted by Gasteiger charge is 2.37. The van der Waals surface area contributed by atoms with Crippen LogP contribution in [-0.2, 0) is 22.6 Å². The van der Waals surface area contributed by atoms with Crippen molar-refractivity contribution in [2.45, 2.75) is 25.9 Å². The SMILES string of the molecule is C=CCc1cc(/C=C2\SC(=O)N(CC(=O)N3CCCC3)C2=O)cc(OC)c1OCc1ccc(Br)cc1. The van der Waals surface area contributed by atoms with Crippen LogP contribution in [0.25, 0.3) is 6.08 Å². The van der Waals surface area contributed by atoms with Gasteiger partial charge in [0, 0.05) is 23.1 Å². The predicted octanol–water partition coefficient (Wildman–Crippen LogP) is 5.42. The zero-order valence-electron chi connectivity index (χ0n) is 20.0. The summed E-state index contributed by atoms with van der Waals surface area (Å²) in [7, 11) is 1.56. The Morgan fingerprint density at radius 1 is 1.17 bits per heavy atom. The van der Waals surface area contributed by atoms with Gasteiger partial charge in [0.05, 0.1) is 12.0 Å². The first-order valence-electron chi connectivity index (χ1n) is 11.6. The first kappa shape index (κ1) is 26.0. The first-order valence-corrected chi connectivity index (χ1v) is 13.2. The Morgan fingerprint density at radius 3 is 2.56 bits per heavy atom. The van der Waals surface area contributed by atoms with Gasteiger partial charge in [0.1, 0.15) is 13.2 Å². The summed E-state index contributed by atoms with van der Waals surface area (Å²) in [6, 6.07) is 11.5. The predicted molar refractivity (Wildman–Crippen MR) is 144 cm³/mol. The van der Waals surface area contributed by atoms with E-state index in [9.17, 15) is 14.4 Å². The lowest BCUT2D eigenvalue weighted by atomic mass is 10.0. The number of carbonyl (C=O) groups is 3. The Bertz CT molecular complexity index is 1210. The second-order valence-corrected chi connectivity index (χ2v) is 10.4. The van der Waals surface area contributed by atoms with Crippen molar-refractivity contribution >= 4 is 50.8 Å². The molecule has 2 saturated heterocycles. The zero-order chi connectivity index (χ0) is 25.7. The van der Waals surface area contributed by atoms with Crippen molar-refractivity contribution in [3.8, 4) is 11.5 Å². The normalized spacial score (nSPS) is 16.7. The Hall–Kier alpha value is -3.04. The van der Waals surface area contributed by atoms with Gasteiger partial charge in [0.2, 0.25) is 5.91 Å². The summed E-state index contributed by atoms with van der Waals surface area (Å²) in [5, 5.41) is -0.438. The fourth-order valence-corrected chi connectivity index (χ4v) is 5.22. The highest BCUT2D eigenvalue weighted by molar-refractivity contribution is 9.10. The molecule has 2 aromatic carbocycles. The molecule has 0 aliphatic carbocycles. The molecule has 0 saturated carbocycles. The Labute approximate surface area is 223 Å². The molecule has 0 atom stereocenters. The molecule has 2 aliphatic heterocycles. The molecule has 3 amide bonds. The zero-order valence-corrected chi connectivity index (χ0v) is 22.4. The Balaban J connectivity index is 1.55. The van der Waals surface area contributed by atoms with Crippen molar-refractivity contribution in [1.29, 1.82) is 0 Å². The van der Waals surface area contributed by atoms with Gasteiger partial charge >= 0.3 is 0 Å². The first-order chi connectivity index (χ1) is 17.4. The maximum absolute atomic E-state index is 13.0. The third-order valence-electron chi connectivity index (χ3n) is 5.96. The van der Waals surface area contributed by atoms with Crippen LogP contribution in [0.2, 0.25) is 0 Å². The Kier molecular flexibility index (Phi) is 8.53. The molecule has 36 heavy (non-hydrogen) atoms. The van der Waals surface area contributed by atoms with E-state index in [1.165, 1.54) is 0 Å². The van der Waals surface area contributed by atoms with Crippen LogP contribution < -0.4 is 9.47 Å². The van der Waals surface area contributed by atoms with Gasteiger partial charge in [-0.1, -0.05) is 34.1 Å². The number of nitrogens with zero attached hydrogens (tertiary/aromatic N) is 2. The van der Waals surface area contributed by atoms with Crippen LogP contribution >= 0.6 is 27.7 Å². The number of carbonyl (C=O) groups excluding carboxylic acids is 3. The fourth-order valence-electron chi connectivity index (χ4n) is 4.12. The average Bonchev–Trinajstić information content (AvgIpc) is 3.49. The van der Waals surface area contributed by atoms with Crippen LogP contribution in [0.3, 0.4) is 0 Å². The second kappa shape index (κ2) is 11.8. The molecule has 188 valence electrons. The fraction of sp³-hybridized carbons (Fsp3) is 0.296. The van der Waals surface area contributed by atoms with E-state index >= 15 is 0 Å². The topological polar surface area (TPSA) is 76.2 Å². The number of methoxy groups -OCH3 is 1. The molecule has 2 heterocycles. The monoisotopic (exact) mass is 570 g/mol. The third kappa shape index (κ3) is 6.02. The number of amides is 3. The highest BCUT2D eigenvalue weighted by Crippen LogP contribution is 2.37. The molecule has 2 fully saturated rings. The molecule has 0 spiro atoms. The molecule has 0 bridgehead atoms. The van der Waals surface area contributed by atoms with Crippen molar-refractivity contribution in [2.24, 2.45) is 0 Å². The summed E-state index contributed by atoms with van der Waals surface area (Å²) in [5.41, 5.74) is 2.54. The summed E-state index contributed by atoms with van der Waals surface area (Å²) in [5.74, 6) is 0.457. The lowest BCUT2D eigenvalue weighted by molar-refractivity contribution is -0.135. The standard InChI is InChI=1S/C27H27BrN2O5S/c1-3-6-20-13-19(14-22(34-2)25(20)35-17-18-7-9-21(28)10-8-18)15-23-26(32)30(27(33)36-23)16-24(31)29-11-4-5-12-29/h3,7-10,13-15H,1,4-6,11-12,16-17H2,2H3/b23-15-. The lowest BCUT2D eigenvalue weighted by Gasteiger charge is -2.18. The molecule has 0 radical (unpaired) electrons. The maximum atomic E-state index is 13.0. The van der Waals surface area contributed by atoms with E-state index in [2.05, 4.69) is 22.5 Å². The smallest absolute Gasteiger partial charge is 0.294 e. The molecule has 4 rings (SSSR count).